The molecule has 0 fully saturated rings. The summed E-state index contributed by atoms with van der Waals surface area (Å²) >= 11 is 0. The highest BCUT2D eigenvalue weighted by atomic mass is 16.5. The molecule has 3 rings (SSSR count). The third kappa shape index (κ3) is 2.19. The number of aromatic nitrogens is 1. The molecular weight excluding hydrogens is 236 g/mol. The second kappa shape index (κ2) is 4.82. The number of ether oxygens (including phenoxy) is 1. The number of nitrogens with one attached hydrogen (secondary N) is 1. The number of hydrogen-bond donors (Lipinski definition) is 1. The van der Waals surface area contributed by atoms with Crippen LogP contribution in [0.3, 0.4) is 0 Å². The second-order valence-electron chi connectivity index (χ2n) is 5.31. The number of rotatable bonds is 1. The second-order valence-corrected chi connectivity index (χ2v) is 5.31. The Morgan fingerprint density at radius 3 is 3.00 bits per heavy atom. The summed E-state index contributed by atoms with van der Waals surface area (Å²) in [6.45, 7) is 8.12. The lowest BCUT2D eigenvalue weighted by atomic mass is 10.0. The molecule has 0 saturated heterocycles. The molecule has 1 aromatic carbocycles. The van der Waals surface area contributed by atoms with Gasteiger partial charge in [0.2, 0.25) is 5.88 Å². The molecule has 2 heterocycles. The van der Waals surface area contributed by atoms with Gasteiger partial charge in [0, 0.05) is 24.0 Å². The molecule has 1 N–H and O–H groups in total. The van der Waals surface area contributed by atoms with E-state index < -0.39 is 0 Å². The van der Waals surface area contributed by atoms with Crippen LogP contribution in [0.1, 0.15) is 30.0 Å². The van der Waals surface area contributed by atoms with Gasteiger partial charge in [-0.15, -0.1) is 0 Å². The number of hydrogen-bond acceptors (Lipinski definition) is 3. The number of nitrogens with zero attached hydrogens (tertiary/aromatic N) is 1. The summed E-state index contributed by atoms with van der Waals surface area (Å²) < 4.78 is 6.04. The van der Waals surface area contributed by atoms with E-state index in [0.29, 0.717) is 0 Å². The smallest absolute Gasteiger partial charge is 0.218 e. The van der Waals surface area contributed by atoms with E-state index in [2.05, 4.69) is 44.3 Å². The van der Waals surface area contributed by atoms with Crippen LogP contribution < -0.4 is 10.1 Å². The Balaban J connectivity index is 2.16. The molecule has 1 aromatic heterocycles. The van der Waals surface area contributed by atoms with E-state index in [4.69, 9.17) is 9.72 Å². The summed E-state index contributed by atoms with van der Waals surface area (Å²) in [4.78, 5) is 4.77. The van der Waals surface area contributed by atoms with Gasteiger partial charge in [0.15, 0.2) is 0 Å². The molecule has 1 aliphatic heterocycles. The van der Waals surface area contributed by atoms with Gasteiger partial charge in [-0.25, -0.2) is 4.98 Å². The van der Waals surface area contributed by atoms with Gasteiger partial charge in [-0.2, -0.15) is 0 Å². The Labute approximate surface area is 114 Å². The van der Waals surface area contributed by atoms with Gasteiger partial charge in [0.1, 0.15) is 6.10 Å². The van der Waals surface area contributed by atoms with Gasteiger partial charge in [0.05, 0.1) is 5.52 Å². The average Bonchev–Trinajstić information content (AvgIpc) is 2.62. The van der Waals surface area contributed by atoms with E-state index in [-0.39, 0.29) is 6.10 Å². The molecule has 19 heavy (non-hydrogen) atoms. The molecule has 1 aliphatic rings. The first-order valence-electron chi connectivity index (χ1n) is 6.96. The van der Waals surface area contributed by atoms with Crippen LogP contribution in [0, 0.1) is 13.8 Å². The van der Waals surface area contributed by atoms with Crippen molar-refractivity contribution in [3.05, 3.63) is 34.9 Å². The minimum atomic E-state index is 0.219. The summed E-state index contributed by atoms with van der Waals surface area (Å²) in [5.41, 5.74) is 4.75. The summed E-state index contributed by atoms with van der Waals surface area (Å²) in [5, 5.41) is 4.63. The van der Waals surface area contributed by atoms with E-state index in [1.807, 2.05) is 0 Å². The minimum Gasteiger partial charge on any atom is -0.473 e. The number of benzene rings is 1. The fourth-order valence-corrected chi connectivity index (χ4v) is 2.53. The third-order valence-electron chi connectivity index (χ3n) is 3.97. The molecule has 0 amide bonds. The highest BCUT2D eigenvalue weighted by Gasteiger charge is 2.18. The van der Waals surface area contributed by atoms with Crippen molar-refractivity contribution in [3.63, 3.8) is 0 Å². The van der Waals surface area contributed by atoms with Crippen LogP contribution in [0.5, 0.6) is 5.88 Å². The highest BCUT2D eigenvalue weighted by molar-refractivity contribution is 5.84. The predicted octanol–water partition coefficient (Wildman–Crippen LogP) is 3.11. The maximum absolute atomic E-state index is 6.04. The molecule has 0 spiro atoms. The van der Waals surface area contributed by atoms with Crippen molar-refractivity contribution >= 4 is 10.9 Å². The van der Waals surface area contributed by atoms with Crippen molar-refractivity contribution in [2.45, 2.75) is 39.8 Å². The minimum absolute atomic E-state index is 0.219. The fourth-order valence-electron chi connectivity index (χ4n) is 2.53. The standard InChI is InChI=1S/C16H20N2O/c1-4-14-9-17-8-13-7-12-6-5-10(2)11(3)15(12)18-16(13)19-14/h5-7,14,17H,4,8-9H2,1-3H3. The van der Waals surface area contributed by atoms with Gasteiger partial charge < -0.3 is 10.1 Å². The monoisotopic (exact) mass is 256 g/mol. The van der Waals surface area contributed by atoms with Crippen molar-refractivity contribution in [2.24, 2.45) is 0 Å². The first kappa shape index (κ1) is 12.4. The van der Waals surface area contributed by atoms with E-state index in [1.165, 1.54) is 16.5 Å². The van der Waals surface area contributed by atoms with E-state index in [1.54, 1.807) is 0 Å². The van der Waals surface area contributed by atoms with Crippen LogP contribution in [-0.4, -0.2) is 17.6 Å². The van der Waals surface area contributed by atoms with Crippen LogP contribution in [0.4, 0.5) is 0 Å². The lowest BCUT2D eigenvalue weighted by molar-refractivity contribution is 0.195. The van der Waals surface area contributed by atoms with Crippen molar-refractivity contribution < 1.29 is 4.74 Å². The van der Waals surface area contributed by atoms with Gasteiger partial charge in [-0.3, -0.25) is 0 Å². The zero-order valence-electron chi connectivity index (χ0n) is 11.8. The van der Waals surface area contributed by atoms with Gasteiger partial charge in [0.25, 0.3) is 0 Å². The van der Waals surface area contributed by atoms with Crippen molar-refractivity contribution in [1.82, 2.24) is 10.3 Å². The van der Waals surface area contributed by atoms with Crippen LogP contribution in [0.2, 0.25) is 0 Å². The zero-order valence-corrected chi connectivity index (χ0v) is 11.8. The zero-order chi connectivity index (χ0) is 13.4. The molecule has 0 aliphatic carbocycles. The Kier molecular flexibility index (Phi) is 3.15. The summed E-state index contributed by atoms with van der Waals surface area (Å²) in [7, 11) is 0. The van der Waals surface area contributed by atoms with Gasteiger partial charge in [-0.05, 0) is 37.5 Å². The van der Waals surface area contributed by atoms with Gasteiger partial charge in [-0.1, -0.05) is 19.1 Å². The molecule has 1 atom stereocenters. The average molecular weight is 256 g/mol. The van der Waals surface area contributed by atoms with E-state index >= 15 is 0 Å². The normalized spacial score (nSPS) is 18.8. The Bertz CT molecular complexity index is 622. The quantitative estimate of drug-likeness (QED) is 0.851. The van der Waals surface area contributed by atoms with Crippen molar-refractivity contribution in [3.8, 4) is 5.88 Å². The third-order valence-corrected chi connectivity index (χ3v) is 3.97. The Hall–Kier alpha value is -1.61. The molecular formula is C16H20N2O. The van der Waals surface area contributed by atoms with Crippen LogP contribution in [-0.2, 0) is 6.54 Å². The van der Waals surface area contributed by atoms with E-state index in [9.17, 15) is 0 Å². The number of aryl methyl sites for hydroxylation is 2. The van der Waals surface area contributed by atoms with Crippen molar-refractivity contribution in [1.29, 1.82) is 0 Å². The molecule has 100 valence electrons. The topological polar surface area (TPSA) is 34.2 Å². The fraction of sp³-hybridized carbons (Fsp3) is 0.438. The number of pyridine rings is 1. The first-order valence-corrected chi connectivity index (χ1v) is 6.96. The summed E-state index contributed by atoms with van der Waals surface area (Å²) in [5.74, 6) is 0.804. The maximum atomic E-state index is 6.04. The lowest BCUT2D eigenvalue weighted by Crippen LogP contribution is -2.27. The van der Waals surface area contributed by atoms with Gasteiger partial charge >= 0.3 is 0 Å². The van der Waals surface area contributed by atoms with E-state index in [0.717, 1.165) is 36.5 Å². The highest BCUT2D eigenvalue weighted by Crippen LogP contribution is 2.28. The Morgan fingerprint density at radius 2 is 2.21 bits per heavy atom. The largest absolute Gasteiger partial charge is 0.473 e. The predicted molar refractivity (Wildman–Crippen MR) is 77.6 cm³/mol. The number of fused-ring (bicyclic) bond motifs is 2. The van der Waals surface area contributed by atoms with Crippen LogP contribution in [0.15, 0.2) is 18.2 Å². The molecule has 0 saturated carbocycles. The maximum Gasteiger partial charge on any atom is 0.218 e. The SMILES string of the molecule is CCC1CNCc2cc3ccc(C)c(C)c3nc2O1. The molecule has 3 nitrogen and oxygen atoms in total. The molecule has 2 aromatic rings. The summed E-state index contributed by atoms with van der Waals surface area (Å²) in [6, 6.07) is 6.51. The van der Waals surface area contributed by atoms with Crippen molar-refractivity contribution in [2.75, 3.05) is 6.54 Å². The lowest BCUT2D eigenvalue weighted by Gasteiger charge is -2.15. The molecule has 0 bridgehead atoms. The first-order chi connectivity index (χ1) is 9.19. The Morgan fingerprint density at radius 1 is 1.37 bits per heavy atom. The molecule has 0 radical (unpaired) electrons. The summed E-state index contributed by atoms with van der Waals surface area (Å²) in [6.07, 6.45) is 1.22. The van der Waals surface area contributed by atoms with Crippen LogP contribution >= 0.6 is 0 Å². The molecule has 3 heteroatoms. The molecule has 1 unspecified atom stereocenters. The van der Waals surface area contributed by atoms with Crippen LogP contribution in [0.25, 0.3) is 10.9 Å².